The summed E-state index contributed by atoms with van der Waals surface area (Å²) in [7, 11) is 5.49. The molecule has 0 atom stereocenters. The minimum Gasteiger partial charge on any atom is -0.0837 e. The van der Waals surface area contributed by atoms with Gasteiger partial charge in [-0.1, -0.05) is 33.5 Å². The van der Waals surface area contributed by atoms with Crippen LogP contribution in [0.4, 0.5) is 0 Å². The van der Waals surface area contributed by atoms with Gasteiger partial charge in [0, 0.05) is 0 Å². The normalized spacial score (nSPS) is 11.9. The molecule has 0 nitrogen and oxygen atoms in total. The third-order valence-electron chi connectivity index (χ3n) is 1.48. The molecule has 0 aromatic heterocycles. The zero-order valence-electron chi connectivity index (χ0n) is 6.20. The summed E-state index contributed by atoms with van der Waals surface area (Å²) >= 11 is 0. The van der Waals surface area contributed by atoms with E-state index >= 15 is 0 Å². The first-order chi connectivity index (χ1) is 3.62. The van der Waals surface area contributed by atoms with Gasteiger partial charge in [0.2, 0.25) is 0 Å². The van der Waals surface area contributed by atoms with Crippen LogP contribution in [0.25, 0.3) is 0 Å². The van der Waals surface area contributed by atoms with Gasteiger partial charge < -0.3 is 0 Å². The molecule has 0 saturated heterocycles. The van der Waals surface area contributed by atoms with Crippen LogP contribution in [0.5, 0.6) is 0 Å². The van der Waals surface area contributed by atoms with Crippen molar-refractivity contribution in [3.63, 3.8) is 0 Å². The molecule has 0 saturated carbocycles. The average molecular weight is 110 g/mol. The fourth-order valence-electron chi connectivity index (χ4n) is 0.779. The lowest BCUT2D eigenvalue weighted by Gasteiger charge is -2.21. The Bertz CT molecular complexity index is 57.4. The summed E-state index contributed by atoms with van der Waals surface area (Å²) < 4.78 is 0. The SMILES string of the molecule is [B]CC(C)(C)CCC. The molecule has 0 aromatic carbocycles. The summed E-state index contributed by atoms with van der Waals surface area (Å²) in [5.41, 5.74) is 0.370. The van der Waals surface area contributed by atoms with Crippen molar-refractivity contribution < 1.29 is 0 Å². The van der Waals surface area contributed by atoms with Crippen molar-refractivity contribution in [2.24, 2.45) is 5.41 Å². The molecule has 8 heavy (non-hydrogen) atoms. The zero-order valence-corrected chi connectivity index (χ0v) is 6.20. The Morgan fingerprint density at radius 1 is 1.38 bits per heavy atom. The number of rotatable bonds is 3. The van der Waals surface area contributed by atoms with Crippen molar-refractivity contribution in [1.29, 1.82) is 0 Å². The third-order valence-corrected chi connectivity index (χ3v) is 1.48. The summed E-state index contributed by atoms with van der Waals surface area (Å²) in [5.74, 6) is 0. The largest absolute Gasteiger partial charge is 0.0837 e. The Hall–Kier alpha value is 0.0649. The molecule has 0 unspecified atom stereocenters. The second-order valence-electron chi connectivity index (χ2n) is 3.12. The van der Waals surface area contributed by atoms with E-state index in [0.29, 0.717) is 5.41 Å². The summed E-state index contributed by atoms with van der Waals surface area (Å²) in [6.45, 7) is 6.60. The van der Waals surface area contributed by atoms with Crippen molar-refractivity contribution in [3.8, 4) is 0 Å². The topological polar surface area (TPSA) is 0 Å². The van der Waals surface area contributed by atoms with Crippen LogP contribution in [-0.2, 0) is 0 Å². The lowest BCUT2D eigenvalue weighted by Crippen LogP contribution is -2.08. The van der Waals surface area contributed by atoms with E-state index in [9.17, 15) is 0 Å². The first-order valence-electron chi connectivity index (χ1n) is 3.32. The summed E-state index contributed by atoms with van der Waals surface area (Å²) in [6.07, 6.45) is 3.29. The van der Waals surface area contributed by atoms with Gasteiger partial charge in [0.25, 0.3) is 0 Å². The number of hydrogen-bond donors (Lipinski definition) is 0. The van der Waals surface area contributed by atoms with Crippen molar-refractivity contribution in [2.75, 3.05) is 0 Å². The highest BCUT2D eigenvalue weighted by Crippen LogP contribution is 2.24. The van der Waals surface area contributed by atoms with Crippen molar-refractivity contribution in [3.05, 3.63) is 0 Å². The van der Waals surface area contributed by atoms with Gasteiger partial charge in [-0.25, -0.2) is 0 Å². The van der Waals surface area contributed by atoms with Crippen molar-refractivity contribution in [1.82, 2.24) is 0 Å². The molecule has 46 valence electrons. The fraction of sp³-hybridized carbons (Fsp3) is 1.00. The molecule has 0 bridgehead atoms. The van der Waals surface area contributed by atoms with Gasteiger partial charge in [0.05, 0.1) is 7.85 Å². The van der Waals surface area contributed by atoms with Crippen molar-refractivity contribution in [2.45, 2.75) is 39.9 Å². The maximum absolute atomic E-state index is 5.49. The van der Waals surface area contributed by atoms with Crippen LogP contribution in [0.15, 0.2) is 0 Å². The van der Waals surface area contributed by atoms with Gasteiger partial charge in [-0.3, -0.25) is 0 Å². The van der Waals surface area contributed by atoms with Crippen molar-refractivity contribution >= 4 is 7.85 Å². The molecule has 0 aliphatic carbocycles. The quantitative estimate of drug-likeness (QED) is 0.489. The van der Waals surface area contributed by atoms with Crippen LogP contribution >= 0.6 is 0 Å². The van der Waals surface area contributed by atoms with E-state index < -0.39 is 0 Å². The van der Waals surface area contributed by atoms with E-state index in [1.54, 1.807) is 0 Å². The van der Waals surface area contributed by atoms with Gasteiger partial charge in [0.15, 0.2) is 0 Å². The smallest absolute Gasteiger partial charge is 0.0660 e. The predicted octanol–water partition coefficient (Wildman–Crippen LogP) is 2.40. The van der Waals surface area contributed by atoms with Crippen LogP contribution in [-0.4, -0.2) is 7.85 Å². The van der Waals surface area contributed by atoms with Crippen LogP contribution in [0.3, 0.4) is 0 Å². The van der Waals surface area contributed by atoms with Crippen LogP contribution in [0.2, 0.25) is 6.32 Å². The molecule has 0 aliphatic heterocycles. The molecule has 0 spiro atoms. The van der Waals surface area contributed by atoms with Gasteiger partial charge in [-0.2, -0.15) is 0 Å². The minimum atomic E-state index is 0.370. The first kappa shape index (κ1) is 8.06. The van der Waals surface area contributed by atoms with Crippen LogP contribution < -0.4 is 0 Å². The molecule has 0 aliphatic rings. The fourth-order valence-corrected chi connectivity index (χ4v) is 0.779. The van der Waals surface area contributed by atoms with Gasteiger partial charge in [-0.05, 0) is 11.8 Å². The van der Waals surface area contributed by atoms with E-state index in [1.807, 2.05) is 0 Å². The number of hydrogen-bond acceptors (Lipinski definition) is 0. The van der Waals surface area contributed by atoms with E-state index in [4.69, 9.17) is 7.85 Å². The Balaban J connectivity index is 3.37. The molecular weight excluding hydrogens is 94.9 g/mol. The van der Waals surface area contributed by atoms with Gasteiger partial charge in [-0.15, -0.1) is 0 Å². The van der Waals surface area contributed by atoms with E-state index in [2.05, 4.69) is 20.8 Å². The molecule has 1 heteroatoms. The minimum absolute atomic E-state index is 0.370. The lowest BCUT2D eigenvalue weighted by atomic mass is 9.76. The molecular formula is C7H15B. The lowest BCUT2D eigenvalue weighted by molar-refractivity contribution is 0.373. The van der Waals surface area contributed by atoms with Gasteiger partial charge in [0.1, 0.15) is 0 Å². The maximum atomic E-state index is 5.49. The molecule has 0 N–H and O–H groups in total. The zero-order chi connectivity index (χ0) is 6.62. The standard InChI is InChI=1S/C7H15B/c1-4-5-7(2,3)6-8/h4-6H2,1-3H3. The van der Waals surface area contributed by atoms with Crippen LogP contribution in [0, 0.1) is 5.41 Å². The first-order valence-corrected chi connectivity index (χ1v) is 3.32. The second-order valence-corrected chi connectivity index (χ2v) is 3.12. The van der Waals surface area contributed by atoms with E-state index in [0.717, 1.165) is 6.32 Å². The summed E-state index contributed by atoms with van der Waals surface area (Å²) in [5, 5.41) is 0. The summed E-state index contributed by atoms with van der Waals surface area (Å²) in [4.78, 5) is 0. The highest BCUT2D eigenvalue weighted by molar-refractivity contribution is 6.08. The predicted molar refractivity (Wildman–Crippen MR) is 39.2 cm³/mol. The Morgan fingerprint density at radius 2 is 1.88 bits per heavy atom. The molecule has 2 radical (unpaired) electrons. The Kier molecular flexibility index (Phi) is 3.19. The molecule has 0 aromatic rings. The van der Waals surface area contributed by atoms with Gasteiger partial charge >= 0.3 is 0 Å². The van der Waals surface area contributed by atoms with Crippen LogP contribution in [0.1, 0.15) is 33.6 Å². The Labute approximate surface area is 54.1 Å². The van der Waals surface area contributed by atoms with E-state index in [1.165, 1.54) is 12.8 Å². The molecule has 0 rings (SSSR count). The molecule has 0 fully saturated rings. The second kappa shape index (κ2) is 3.16. The highest BCUT2D eigenvalue weighted by atomic mass is 14.1. The monoisotopic (exact) mass is 110 g/mol. The summed E-state index contributed by atoms with van der Waals surface area (Å²) in [6, 6.07) is 0. The Morgan fingerprint density at radius 3 is 2.00 bits per heavy atom. The molecule has 0 amide bonds. The molecule has 0 heterocycles. The third kappa shape index (κ3) is 3.12. The maximum Gasteiger partial charge on any atom is 0.0660 e. The average Bonchev–Trinajstić information content (AvgIpc) is 1.67. The highest BCUT2D eigenvalue weighted by Gasteiger charge is 2.11. The van der Waals surface area contributed by atoms with E-state index in [-0.39, 0.29) is 0 Å².